The summed E-state index contributed by atoms with van der Waals surface area (Å²) in [4.78, 5) is 22.3. The Morgan fingerprint density at radius 2 is 1.87 bits per heavy atom. The van der Waals surface area contributed by atoms with Crippen molar-refractivity contribution in [1.29, 1.82) is 0 Å². The first kappa shape index (κ1) is 17.1. The minimum atomic E-state index is -0.844. The zero-order valence-corrected chi connectivity index (χ0v) is 13.5. The SMILES string of the molecule is CC(Oc1cc(Cl)cc(Cl)c1)C(=O)Nc1cccc([N+](=O)[O-])c1. The van der Waals surface area contributed by atoms with Crippen molar-refractivity contribution in [2.45, 2.75) is 13.0 Å². The Morgan fingerprint density at radius 1 is 1.22 bits per heavy atom. The second-order valence-electron chi connectivity index (χ2n) is 4.66. The maximum absolute atomic E-state index is 12.1. The van der Waals surface area contributed by atoms with Gasteiger partial charge in [-0.2, -0.15) is 0 Å². The number of non-ortho nitro benzene ring substituents is 1. The first-order valence-corrected chi connectivity index (χ1v) is 7.29. The summed E-state index contributed by atoms with van der Waals surface area (Å²) in [6.07, 6.45) is -0.844. The average molecular weight is 355 g/mol. The van der Waals surface area contributed by atoms with Crippen LogP contribution in [0, 0.1) is 10.1 Å². The molecule has 0 spiro atoms. The number of rotatable bonds is 5. The monoisotopic (exact) mass is 354 g/mol. The zero-order valence-electron chi connectivity index (χ0n) is 12.0. The molecule has 0 fully saturated rings. The van der Waals surface area contributed by atoms with E-state index in [-0.39, 0.29) is 5.69 Å². The highest BCUT2D eigenvalue weighted by Crippen LogP contribution is 2.25. The number of carbonyl (C=O) groups excluding carboxylic acids is 1. The first-order chi connectivity index (χ1) is 10.8. The third-order valence-electron chi connectivity index (χ3n) is 2.84. The van der Waals surface area contributed by atoms with Crippen molar-refractivity contribution in [2.75, 3.05) is 5.32 Å². The molecule has 8 heteroatoms. The van der Waals surface area contributed by atoms with Crippen LogP contribution in [0.5, 0.6) is 5.75 Å². The van der Waals surface area contributed by atoms with Crippen LogP contribution >= 0.6 is 23.2 Å². The van der Waals surface area contributed by atoms with Gasteiger partial charge < -0.3 is 10.1 Å². The van der Waals surface area contributed by atoms with Gasteiger partial charge in [-0.3, -0.25) is 14.9 Å². The highest BCUT2D eigenvalue weighted by Gasteiger charge is 2.16. The Labute approximate surface area is 142 Å². The lowest BCUT2D eigenvalue weighted by Crippen LogP contribution is -2.30. The van der Waals surface area contributed by atoms with Crippen LogP contribution in [0.25, 0.3) is 0 Å². The largest absolute Gasteiger partial charge is 0.481 e. The van der Waals surface area contributed by atoms with E-state index in [0.717, 1.165) is 0 Å². The van der Waals surface area contributed by atoms with Gasteiger partial charge >= 0.3 is 0 Å². The van der Waals surface area contributed by atoms with Gasteiger partial charge in [-0.15, -0.1) is 0 Å². The van der Waals surface area contributed by atoms with Gasteiger partial charge in [-0.1, -0.05) is 29.3 Å². The molecule has 0 bridgehead atoms. The van der Waals surface area contributed by atoms with Crippen molar-refractivity contribution in [3.63, 3.8) is 0 Å². The molecular weight excluding hydrogens is 343 g/mol. The third-order valence-corrected chi connectivity index (χ3v) is 3.28. The van der Waals surface area contributed by atoms with Crippen LogP contribution in [0.3, 0.4) is 0 Å². The molecule has 0 saturated carbocycles. The van der Waals surface area contributed by atoms with E-state index in [2.05, 4.69) is 5.32 Å². The zero-order chi connectivity index (χ0) is 17.0. The lowest BCUT2D eigenvalue weighted by atomic mass is 10.2. The number of benzene rings is 2. The number of nitro groups is 1. The predicted molar refractivity (Wildman–Crippen MR) is 88.3 cm³/mol. The molecule has 120 valence electrons. The van der Waals surface area contributed by atoms with Gasteiger partial charge in [-0.25, -0.2) is 0 Å². The molecule has 2 rings (SSSR count). The van der Waals surface area contributed by atoms with E-state index in [4.69, 9.17) is 27.9 Å². The van der Waals surface area contributed by atoms with E-state index in [1.54, 1.807) is 19.1 Å². The van der Waals surface area contributed by atoms with Crippen LogP contribution in [-0.4, -0.2) is 16.9 Å². The molecule has 6 nitrogen and oxygen atoms in total. The minimum Gasteiger partial charge on any atom is -0.481 e. The van der Waals surface area contributed by atoms with Gasteiger partial charge in [0.15, 0.2) is 6.10 Å². The summed E-state index contributed by atoms with van der Waals surface area (Å²) in [5.74, 6) is -0.106. The van der Waals surface area contributed by atoms with Crippen LogP contribution in [0.1, 0.15) is 6.92 Å². The van der Waals surface area contributed by atoms with Crippen molar-refractivity contribution < 1.29 is 14.5 Å². The summed E-state index contributed by atoms with van der Waals surface area (Å²) in [6, 6.07) is 10.2. The number of halogens is 2. The molecule has 23 heavy (non-hydrogen) atoms. The molecule has 2 aromatic carbocycles. The topological polar surface area (TPSA) is 81.5 Å². The van der Waals surface area contributed by atoms with Crippen LogP contribution in [0.2, 0.25) is 10.0 Å². The molecule has 1 amide bonds. The van der Waals surface area contributed by atoms with Crippen molar-refractivity contribution in [2.24, 2.45) is 0 Å². The summed E-state index contributed by atoms with van der Waals surface area (Å²) in [6.45, 7) is 1.54. The van der Waals surface area contributed by atoms with Gasteiger partial charge in [0.2, 0.25) is 0 Å². The van der Waals surface area contributed by atoms with Crippen LogP contribution in [-0.2, 0) is 4.79 Å². The Hall–Kier alpha value is -2.31. The maximum Gasteiger partial charge on any atom is 0.271 e. The Morgan fingerprint density at radius 3 is 2.48 bits per heavy atom. The lowest BCUT2D eigenvalue weighted by molar-refractivity contribution is -0.384. The molecule has 0 heterocycles. The van der Waals surface area contributed by atoms with Crippen molar-refractivity contribution in [3.05, 3.63) is 62.6 Å². The van der Waals surface area contributed by atoms with Gasteiger partial charge in [0.1, 0.15) is 5.75 Å². The number of nitrogens with zero attached hydrogens (tertiary/aromatic N) is 1. The number of amides is 1. The fraction of sp³-hybridized carbons (Fsp3) is 0.133. The summed E-state index contributed by atoms with van der Waals surface area (Å²) >= 11 is 11.7. The molecule has 0 radical (unpaired) electrons. The van der Waals surface area contributed by atoms with E-state index in [0.29, 0.717) is 21.5 Å². The smallest absolute Gasteiger partial charge is 0.271 e. The van der Waals surface area contributed by atoms with E-state index >= 15 is 0 Å². The third kappa shape index (κ3) is 4.84. The van der Waals surface area contributed by atoms with E-state index in [9.17, 15) is 14.9 Å². The second kappa shape index (κ2) is 7.30. The molecule has 1 atom stereocenters. The molecule has 2 aromatic rings. The number of nitrogens with one attached hydrogen (secondary N) is 1. The van der Waals surface area contributed by atoms with Crippen LogP contribution < -0.4 is 10.1 Å². The van der Waals surface area contributed by atoms with E-state index in [1.807, 2.05) is 0 Å². The second-order valence-corrected chi connectivity index (χ2v) is 5.53. The molecular formula is C15H12Cl2N2O4. The molecule has 0 aliphatic carbocycles. The van der Waals surface area contributed by atoms with Crippen molar-refractivity contribution >= 4 is 40.5 Å². The molecule has 0 aromatic heterocycles. The maximum atomic E-state index is 12.1. The predicted octanol–water partition coefficient (Wildman–Crippen LogP) is 4.31. The number of hydrogen-bond donors (Lipinski definition) is 1. The number of carbonyl (C=O) groups is 1. The number of nitro benzene ring substituents is 1. The van der Waals surface area contributed by atoms with Crippen molar-refractivity contribution in [3.8, 4) is 5.75 Å². The number of hydrogen-bond acceptors (Lipinski definition) is 4. The summed E-state index contributed by atoms with van der Waals surface area (Å²) in [5, 5.41) is 14.0. The summed E-state index contributed by atoms with van der Waals surface area (Å²) in [5.41, 5.74) is 0.196. The molecule has 0 aliphatic heterocycles. The summed E-state index contributed by atoms with van der Waals surface area (Å²) in [7, 11) is 0. The van der Waals surface area contributed by atoms with Crippen molar-refractivity contribution in [1.82, 2.24) is 0 Å². The first-order valence-electron chi connectivity index (χ1n) is 6.53. The Bertz CT molecular complexity index is 732. The molecule has 0 aliphatic rings. The van der Waals surface area contributed by atoms with E-state index in [1.165, 1.54) is 30.3 Å². The van der Waals surface area contributed by atoms with E-state index < -0.39 is 16.9 Å². The highest BCUT2D eigenvalue weighted by molar-refractivity contribution is 6.34. The molecule has 0 saturated heterocycles. The minimum absolute atomic E-state index is 0.113. The standard InChI is InChI=1S/C15H12Cl2N2O4/c1-9(23-14-6-10(16)5-11(17)7-14)15(20)18-12-3-2-4-13(8-12)19(21)22/h2-9H,1H3,(H,18,20). The molecule has 1 unspecified atom stereocenters. The normalized spacial score (nSPS) is 11.6. The lowest BCUT2D eigenvalue weighted by Gasteiger charge is -2.15. The Balaban J connectivity index is 2.05. The van der Waals surface area contributed by atoms with Gasteiger partial charge in [0.05, 0.1) is 4.92 Å². The summed E-state index contributed by atoms with van der Waals surface area (Å²) < 4.78 is 5.47. The fourth-order valence-electron chi connectivity index (χ4n) is 1.80. The van der Waals surface area contributed by atoms with Crippen LogP contribution in [0.15, 0.2) is 42.5 Å². The van der Waals surface area contributed by atoms with Gasteiger partial charge in [0.25, 0.3) is 11.6 Å². The fourth-order valence-corrected chi connectivity index (χ4v) is 2.30. The number of anilines is 1. The average Bonchev–Trinajstić information content (AvgIpc) is 2.46. The number of ether oxygens (including phenoxy) is 1. The quantitative estimate of drug-likeness (QED) is 0.640. The van der Waals surface area contributed by atoms with Gasteiger partial charge in [0, 0.05) is 27.9 Å². The van der Waals surface area contributed by atoms with Gasteiger partial charge in [-0.05, 0) is 31.2 Å². The highest BCUT2D eigenvalue weighted by atomic mass is 35.5. The molecule has 1 N–H and O–H groups in total. The van der Waals surface area contributed by atoms with Crippen LogP contribution in [0.4, 0.5) is 11.4 Å². The Kier molecular flexibility index (Phi) is 5.41.